The summed E-state index contributed by atoms with van der Waals surface area (Å²) in [5.41, 5.74) is 4.84. The van der Waals surface area contributed by atoms with E-state index in [1.54, 1.807) is 18.6 Å². The molecule has 0 amide bonds. The van der Waals surface area contributed by atoms with Gasteiger partial charge in [-0.25, -0.2) is 9.79 Å². The summed E-state index contributed by atoms with van der Waals surface area (Å²) in [4.78, 5) is 35.4. The number of carbonyl (C=O) groups excluding carboxylic acids is 1. The fraction of sp³-hybridized carbons (Fsp3) is 0.387. The molecule has 40 heavy (non-hydrogen) atoms. The van der Waals surface area contributed by atoms with E-state index in [1.807, 2.05) is 31.2 Å². The average Bonchev–Trinajstić information content (AvgIpc) is 3.58. The molecule has 210 valence electrons. The molecule has 7 nitrogen and oxygen atoms in total. The highest BCUT2D eigenvalue weighted by atomic mass is 79.9. The summed E-state index contributed by atoms with van der Waals surface area (Å²) in [6.45, 7) is 8.29. The Morgan fingerprint density at radius 1 is 1.18 bits per heavy atom. The standard InChI is InChI=1S/C31H34BrN3O4S/c1-5-9-24-27(30(37)39-6-2)28(23-18-21(32)11-13-25(23)38-4)35-29(36)26(40-31(35)33-24)17-20-10-12-22(16-19(20)3)34-14-7-8-15-34/h10-13,16-18,28H,5-9,14-15H2,1-4H3/b26-17-/t28-/m1/s1. The van der Waals surface area contributed by atoms with Crippen molar-refractivity contribution in [2.24, 2.45) is 4.99 Å². The second kappa shape index (κ2) is 12.1. The lowest BCUT2D eigenvalue weighted by molar-refractivity contribution is -0.139. The number of aryl methyl sites for hydroxylation is 1. The van der Waals surface area contributed by atoms with Crippen molar-refractivity contribution in [1.82, 2.24) is 4.57 Å². The van der Waals surface area contributed by atoms with E-state index in [-0.39, 0.29) is 12.2 Å². The summed E-state index contributed by atoms with van der Waals surface area (Å²) in [7, 11) is 1.59. The molecule has 0 unspecified atom stereocenters. The minimum absolute atomic E-state index is 0.198. The zero-order valence-electron chi connectivity index (χ0n) is 23.3. The number of fused-ring (bicyclic) bond motifs is 1. The number of thiazole rings is 1. The number of carbonyl (C=O) groups is 1. The molecule has 0 aliphatic carbocycles. The summed E-state index contributed by atoms with van der Waals surface area (Å²) >= 11 is 4.91. The minimum Gasteiger partial charge on any atom is -0.496 e. The van der Waals surface area contributed by atoms with Crippen LogP contribution in [0, 0.1) is 6.92 Å². The minimum atomic E-state index is -0.731. The van der Waals surface area contributed by atoms with E-state index in [2.05, 4.69) is 46.0 Å². The van der Waals surface area contributed by atoms with Crippen LogP contribution in [0.15, 0.2) is 61.9 Å². The van der Waals surface area contributed by atoms with Gasteiger partial charge in [-0.1, -0.05) is 46.7 Å². The molecule has 2 aliphatic heterocycles. The third-order valence-corrected chi connectivity index (χ3v) is 8.87. The van der Waals surface area contributed by atoms with Crippen molar-refractivity contribution in [3.8, 4) is 5.75 Å². The van der Waals surface area contributed by atoms with E-state index in [4.69, 9.17) is 14.5 Å². The van der Waals surface area contributed by atoms with Gasteiger partial charge >= 0.3 is 5.97 Å². The maximum absolute atomic E-state index is 14.1. The second-order valence-electron chi connectivity index (χ2n) is 10.0. The van der Waals surface area contributed by atoms with E-state index in [9.17, 15) is 9.59 Å². The first-order valence-corrected chi connectivity index (χ1v) is 15.4. The van der Waals surface area contributed by atoms with Crippen molar-refractivity contribution in [2.75, 3.05) is 31.7 Å². The van der Waals surface area contributed by atoms with Gasteiger partial charge in [0.05, 0.1) is 29.5 Å². The van der Waals surface area contributed by atoms with E-state index >= 15 is 0 Å². The number of nitrogens with zero attached hydrogens (tertiary/aromatic N) is 3. The summed E-state index contributed by atoms with van der Waals surface area (Å²) in [5, 5.41) is 0. The number of ether oxygens (including phenoxy) is 2. The molecule has 2 aliphatic rings. The van der Waals surface area contributed by atoms with Gasteiger partial charge in [0.1, 0.15) is 11.8 Å². The van der Waals surface area contributed by atoms with E-state index in [0.717, 1.165) is 35.1 Å². The lowest BCUT2D eigenvalue weighted by Gasteiger charge is -2.27. The van der Waals surface area contributed by atoms with Crippen LogP contribution in [0.5, 0.6) is 5.75 Å². The highest BCUT2D eigenvalue weighted by molar-refractivity contribution is 9.10. The number of aromatic nitrogens is 1. The van der Waals surface area contributed by atoms with Crippen molar-refractivity contribution >= 4 is 45.0 Å². The Bertz CT molecular complexity index is 1650. The van der Waals surface area contributed by atoms with Crippen LogP contribution in [0.25, 0.3) is 6.08 Å². The number of rotatable bonds is 8. The van der Waals surface area contributed by atoms with Crippen molar-refractivity contribution in [2.45, 2.75) is 52.5 Å². The van der Waals surface area contributed by atoms with Crippen molar-refractivity contribution in [3.05, 3.63) is 88.5 Å². The first kappa shape index (κ1) is 28.4. The summed E-state index contributed by atoms with van der Waals surface area (Å²) in [5.74, 6) is 0.111. The molecule has 3 heterocycles. The van der Waals surface area contributed by atoms with Gasteiger partial charge in [0.15, 0.2) is 4.80 Å². The number of halogens is 1. The molecule has 1 aromatic heterocycles. The number of esters is 1. The molecular formula is C31H34BrN3O4S. The molecule has 1 fully saturated rings. The van der Waals surface area contributed by atoms with Crippen LogP contribution >= 0.6 is 27.3 Å². The lowest BCUT2D eigenvalue weighted by Crippen LogP contribution is -2.40. The van der Waals surface area contributed by atoms with Gasteiger partial charge < -0.3 is 14.4 Å². The zero-order valence-corrected chi connectivity index (χ0v) is 25.7. The van der Waals surface area contributed by atoms with Crippen LogP contribution < -0.4 is 24.5 Å². The third-order valence-electron chi connectivity index (χ3n) is 7.39. The number of anilines is 1. The molecule has 5 rings (SSSR count). The van der Waals surface area contributed by atoms with Crippen molar-refractivity contribution in [3.63, 3.8) is 0 Å². The Balaban J connectivity index is 1.71. The first-order valence-electron chi connectivity index (χ1n) is 13.8. The Hall–Kier alpha value is -3.17. The molecule has 0 spiro atoms. The number of allylic oxidation sites excluding steroid dienone is 1. The van der Waals surface area contributed by atoms with Crippen LogP contribution in [0.2, 0.25) is 0 Å². The molecule has 0 saturated carbocycles. The molecule has 1 atom stereocenters. The number of methoxy groups -OCH3 is 1. The van der Waals surface area contributed by atoms with Gasteiger partial charge in [-0.3, -0.25) is 9.36 Å². The fourth-order valence-corrected chi connectivity index (χ4v) is 6.86. The Kier molecular flexibility index (Phi) is 8.61. The highest BCUT2D eigenvalue weighted by Gasteiger charge is 2.36. The molecule has 0 bridgehead atoms. The van der Waals surface area contributed by atoms with Crippen LogP contribution in [0.4, 0.5) is 5.69 Å². The quantitative estimate of drug-likeness (QED) is 0.320. The summed E-state index contributed by atoms with van der Waals surface area (Å²) in [6.07, 6.45) is 5.76. The van der Waals surface area contributed by atoms with Crippen LogP contribution in [0.1, 0.15) is 62.3 Å². The zero-order chi connectivity index (χ0) is 28.4. The van der Waals surface area contributed by atoms with Crippen molar-refractivity contribution in [1.29, 1.82) is 0 Å². The Labute approximate surface area is 246 Å². The molecule has 3 aromatic rings. The largest absolute Gasteiger partial charge is 0.496 e. The van der Waals surface area contributed by atoms with Gasteiger partial charge in [0.25, 0.3) is 5.56 Å². The Morgan fingerprint density at radius 3 is 2.62 bits per heavy atom. The second-order valence-corrected chi connectivity index (χ2v) is 12.0. The van der Waals surface area contributed by atoms with Gasteiger partial charge in [0.2, 0.25) is 0 Å². The van der Waals surface area contributed by atoms with E-state index < -0.39 is 12.0 Å². The number of hydrogen-bond donors (Lipinski definition) is 0. The summed E-state index contributed by atoms with van der Waals surface area (Å²) < 4.78 is 14.2. The number of benzene rings is 2. The molecule has 0 radical (unpaired) electrons. The fourth-order valence-electron chi connectivity index (χ4n) is 5.47. The Morgan fingerprint density at radius 2 is 1.95 bits per heavy atom. The van der Waals surface area contributed by atoms with Gasteiger partial charge in [-0.15, -0.1) is 0 Å². The molecule has 1 saturated heterocycles. The lowest BCUT2D eigenvalue weighted by atomic mass is 9.93. The topological polar surface area (TPSA) is 73.1 Å². The smallest absolute Gasteiger partial charge is 0.338 e. The van der Waals surface area contributed by atoms with Gasteiger partial charge in [0, 0.05) is 28.8 Å². The maximum Gasteiger partial charge on any atom is 0.338 e. The van der Waals surface area contributed by atoms with E-state index in [1.165, 1.54) is 29.9 Å². The number of hydrogen-bond acceptors (Lipinski definition) is 7. The predicted molar refractivity (Wildman–Crippen MR) is 163 cm³/mol. The van der Waals surface area contributed by atoms with Crippen LogP contribution in [-0.2, 0) is 9.53 Å². The predicted octanol–water partition coefficient (Wildman–Crippen LogP) is 5.26. The molecule has 9 heteroatoms. The van der Waals surface area contributed by atoms with Gasteiger partial charge in [-0.2, -0.15) is 0 Å². The molecule has 0 N–H and O–H groups in total. The first-order chi connectivity index (χ1) is 19.4. The van der Waals surface area contributed by atoms with E-state index in [0.29, 0.717) is 38.3 Å². The normalized spacial score (nSPS) is 17.2. The molecular weight excluding hydrogens is 590 g/mol. The average molecular weight is 625 g/mol. The van der Waals surface area contributed by atoms with Crippen LogP contribution in [0.3, 0.4) is 0 Å². The van der Waals surface area contributed by atoms with Gasteiger partial charge in [-0.05, 0) is 80.6 Å². The highest BCUT2D eigenvalue weighted by Crippen LogP contribution is 2.38. The summed E-state index contributed by atoms with van der Waals surface area (Å²) in [6, 6.07) is 11.3. The SMILES string of the molecule is CCCC1=C(C(=O)OCC)[C@@H](c2cc(Br)ccc2OC)n2c(s/c(=C\c3ccc(N4CCCC4)cc3C)c2=O)=N1. The van der Waals surface area contributed by atoms with Crippen molar-refractivity contribution < 1.29 is 14.3 Å². The van der Waals surface area contributed by atoms with Crippen LogP contribution in [-0.4, -0.2) is 37.3 Å². The molecule has 2 aromatic carbocycles. The maximum atomic E-state index is 14.1. The monoisotopic (exact) mass is 623 g/mol. The third kappa shape index (κ3) is 5.41.